The number of aromatic nitrogens is 3. The van der Waals surface area contributed by atoms with Crippen molar-refractivity contribution in [1.29, 1.82) is 0 Å². The number of H-pyrrole nitrogens is 1. The number of benzene rings is 1. The van der Waals surface area contributed by atoms with Gasteiger partial charge in [-0.3, -0.25) is 9.48 Å². The highest BCUT2D eigenvalue weighted by atomic mass is 16.6. The largest absolute Gasteiger partial charge is 0.371 e. The zero-order valence-corrected chi connectivity index (χ0v) is 17.7. The first-order chi connectivity index (χ1) is 14.5. The van der Waals surface area contributed by atoms with Gasteiger partial charge in [0.25, 0.3) is 0 Å². The van der Waals surface area contributed by atoms with Crippen LogP contribution in [0.5, 0.6) is 0 Å². The van der Waals surface area contributed by atoms with Crippen LogP contribution in [0, 0.1) is 20.8 Å². The van der Waals surface area contributed by atoms with Crippen LogP contribution in [0.25, 0.3) is 10.9 Å². The first-order valence-electron chi connectivity index (χ1n) is 10.6. The summed E-state index contributed by atoms with van der Waals surface area (Å²) in [6.07, 6.45) is 3.93. The lowest BCUT2D eigenvalue weighted by Gasteiger charge is -2.19. The van der Waals surface area contributed by atoms with E-state index in [4.69, 9.17) is 9.47 Å². The third kappa shape index (κ3) is 3.42. The summed E-state index contributed by atoms with van der Waals surface area (Å²) in [4.78, 5) is 18.5. The third-order valence-corrected chi connectivity index (χ3v) is 6.37. The molecule has 30 heavy (non-hydrogen) atoms. The smallest absolute Gasteiger partial charge is 0.227 e. The number of fused-ring (bicyclic) bond motifs is 2. The number of aromatic amines is 1. The van der Waals surface area contributed by atoms with Gasteiger partial charge in [0.15, 0.2) is 0 Å². The Kier molecular flexibility index (Phi) is 4.87. The van der Waals surface area contributed by atoms with Gasteiger partial charge in [-0.25, -0.2) is 0 Å². The van der Waals surface area contributed by atoms with Crippen molar-refractivity contribution in [2.45, 2.75) is 45.4 Å². The molecule has 0 aliphatic carbocycles. The molecular formula is C23H28N4O3. The van der Waals surface area contributed by atoms with E-state index in [9.17, 15) is 4.79 Å². The average Bonchev–Trinajstić information content (AvgIpc) is 3.41. The lowest BCUT2D eigenvalue weighted by atomic mass is 10.0. The molecule has 1 N–H and O–H groups in total. The second kappa shape index (κ2) is 7.56. The monoisotopic (exact) mass is 408 g/mol. The molecule has 0 spiro atoms. The summed E-state index contributed by atoms with van der Waals surface area (Å²) in [5.41, 5.74) is 5.71. The number of carbonyl (C=O) groups excluding carboxylic acids is 1. The Hall–Kier alpha value is -2.64. The van der Waals surface area contributed by atoms with Crippen molar-refractivity contribution in [3.05, 3.63) is 53.0 Å². The molecule has 2 fully saturated rings. The van der Waals surface area contributed by atoms with Crippen LogP contribution >= 0.6 is 0 Å². The Balaban J connectivity index is 1.28. The van der Waals surface area contributed by atoms with Crippen LogP contribution in [-0.4, -0.2) is 64.1 Å². The fraction of sp³-hybridized carbons (Fsp3) is 0.478. The summed E-state index contributed by atoms with van der Waals surface area (Å²) in [6, 6.07) is 6.32. The SMILES string of the molecule is Cc1cc(C)c2[nH]c(C)c(CC(=O)N3C[C@@H]4OCC(n5cccn5)CO[C@H]4C3)c2c1. The molecule has 1 aromatic carbocycles. The molecule has 1 amide bonds. The molecule has 5 rings (SSSR count). The zero-order chi connectivity index (χ0) is 20.8. The predicted octanol–water partition coefficient (Wildman–Crippen LogP) is 2.70. The molecule has 7 heteroatoms. The van der Waals surface area contributed by atoms with Crippen molar-refractivity contribution >= 4 is 16.8 Å². The van der Waals surface area contributed by atoms with Gasteiger partial charge in [-0.1, -0.05) is 11.6 Å². The summed E-state index contributed by atoms with van der Waals surface area (Å²) >= 11 is 0. The molecule has 2 saturated heterocycles. The maximum atomic E-state index is 13.1. The molecule has 0 saturated carbocycles. The molecular weight excluding hydrogens is 380 g/mol. The summed E-state index contributed by atoms with van der Waals surface area (Å²) < 4.78 is 14.1. The second-order valence-electron chi connectivity index (χ2n) is 8.59. The highest BCUT2D eigenvalue weighted by Gasteiger charge is 2.39. The molecule has 4 heterocycles. The predicted molar refractivity (Wildman–Crippen MR) is 114 cm³/mol. The van der Waals surface area contributed by atoms with Gasteiger partial charge in [-0.15, -0.1) is 0 Å². The number of rotatable bonds is 3. The molecule has 2 aromatic heterocycles. The van der Waals surface area contributed by atoms with E-state index in [1.54, 1.807) is 6.20 Å². The van der Waals surface area contributed by atoms with E-state index in [2.05, 4.69) is 36.1 Å². The average molecular weight is 409 g/mol. The van der Waals surface area contributed by atoms with E-state index in [0.717, 1.165) is 22.2 Å². The standard InChI is InChI=1S/C23H28N4O3/c1-14-7-15(2)23-19(8-14)18(16(3)25-23)9-22(28)26-10-20-21(11-26)30-13-17(12-29-20)27-6-4-5-24-27/h4-8,17,20-21,25H,9-13H2,1-3H3/t20-,21-/m0/s1. The number of hydrogen-bond donors (Lipinski definition) is 1. The van der Waals surface area contributed by atoms with Crippen molar-refractivity contribution in [2.24, 2.45) is 0 Å². The molecule has 2 atom stereocenters. The van der Waals surface area contributed by atoms with E-state index in [-0.39, 0.29) is 24.2 Å². The van der Waals surface area contributed by atoms with Crippen LogP contribution < -0.4 is 0 Å². The number of nitrogens with one attached hydrogen (secondary N) is 1. The quantitative estimate of drug-likeness (QED) is 0.723. The molecule has 0 bridgehead atoms. The van der Waals surface area contributed by atoms with Crippen molar-refractivity contribution < 1.29 is 14.3 Å². The maximum absolute atomic E-state index is 13.1. The van der Waals surface area contributed by atoms with E-state index >= 15 is 0 Å². The summed E-state index contributed by atoms with van der Waals surface area (Å²) in [6.45, 7) is 8.50. The van der Waals surface area contributed by atoms with E-state index in [0.29, 0.717) is 32.7 Å². The number of ether oxygens (including phenoxy) is 2. The van der Waals surface area contributed by atoms with Crippen LogP contribution in [0.4, 0.5) is 0 Å². The second-order valence-corrected chi connectivity index (χ2v) is 8.59. The number of carbonyl (C=O) groups is 1. The van der Waals surface area contributed by atoms with Crippen molar-refractivity contribution in [3.8, 4) is 0 Å². The summed E-state index contributed by atoms with van der Waals surface area (Å²) in [7, 11) is 0. The first-order valence-corrected chi connectivity index (χ1v) is 10.6. The van der Waals surface area contributed by atoms with Gasteiger partial charge in [0.2, 0.25) is 5.91 Å². The molecule has 2 aliphatic rings. The van der Waals surface area contributed by atoms with E-state index in [1.165, 1.54) is 11.1 Å². The minimum absolute atomic E-state index is 0.0788. The Labute approximate surface area is 176 Å². The minimum atomic E-state index is -0.0805. The normalized spacial score (nSPS) is 22.4. The van der Waals surface area contributed by atoms with Crippen LogP contribution in [-0.2, 0) is 20.7 Å². The Morgan fingerprint density at radius 1 is 1.17 bits per heavy atom. The molecule has 158 valence electrons. The van der Waals surface area contributed by atoms with E-state index in [1.807, 2.05) is 28.8 Å². The van der Waals surface area contributed by atoms with Gasteiger partial charge >= 0.3 is 0 Å². The molecule has 2 aliphatic heterocycles. The van der Waals surface area contributed by atoms with Crippen molar-refractivity contribution in [2.75, 3.05) is 26.3 Å². The fourth-order valence-electron chi connectivity index (χ4n) is 4.76. The van der Waals surface area contributed by atoms with Gasteiger partial charge in [0.1, 0.15) is 12.2 Å². The van der Waals surface area contributed by atoms with Crippen LogP contribution in [0.3, 0.4) is 0 Å². The lowest BCUT2D eigenvalue weighted by molar-refractivity contribution is -0.130. The number of amides is 1. The number of nitrogens with zero attached hydrogens (tertiary/aromatic N) is 3. The van der Waals surface area contributed by atoms with Crippen LogP contribution in [0.2, 0.25) is 0 Å². The fourth-order valence-corrected chi connectivity index (χ4v) is 4.76. The highest BCUT2D eigenvalue weighted by Crippen LogP contribution is 2.29. The lowest BCUT2D eigenvalue weighted by Crippen LogP contribution is -2.32. The van der Waals surface area contributed by atoms with Gasteiger partial charge < -0.3 is 19.4 Å². The first kappa shape index (κ1) is 19.3. The van der Waals surface area contributed by atoms with Gasteiger partial charge in [-0.2, -0.15) is 5.10 Å². The third-order valence-electron chi connectivity index (χ3n) is 6.37. The van der Waals surface area contributed by atoms with Gasteiger partial charge in [-0.05, 0) is 44.0 Å². The minimum Gasteiger partial charge on any atom is -0.371 e. The molecule has 3 aromatic rings. The molecule has 0 radical (unpaired) electrons. The number of aryl methyl sites for hydroxylation is 3. The maximum Gasteiger partial charge on any atom is 0.227 e. The van der Waals surface area contributed by atoms with Crippen LogP contribution in [0.1, 0.15) is 28.4 Å². The highest BCUT2D eigenvalue weighted by molar-refractivity contribution is 5.92. The number of hydrogen-bond acceptors (Lipinski definition) is 4. The Bertz CT molecular complexity index is 1060. The summed E-state index contributed by atoms with van der Waals surface area (Å²) in [5, 5.41) is 5.45. The van der Waals surface area contributed by atoms with Crippen molar-refractivity contribution in [3.63, 3.8) is 0 Å². The zero-order valence-electron chi connectivity index (χ0n) is 17.7. The van der Waals surface area contributed by atoms with E-state index < -0.39 is 0 Å². The molecule has 0 unspecified atom stereocenters. The Morgan fingerprint density at radius 3 is 2.57 bits per heavy atom. The number of likely N-dealkylation sites (tertiary alicyclic amines) is 1. The summed E-state index contributed by atoms with van der Waals surface area (Å²) in [5.74, 6) is 0.127. The van der Waals surface area contributed by atoms with Gasteiger partial charge in [0.05, 0.1) is 25.7 Å². The molecule has 7 nitrogen and oxygen atoms in total. The van der Waals surface area contributed by atoms with Gasteiger partial charge in [0, 0.05) is 42.1 Å². The topological polar surface area (TPSA) is 72.4 Å². The van der Waals surface area contributed by atoms with Crippen LogP contribution in [0.15, 0.2) is 30.6 Å². The Morgan fingerprint density at radius 2 is 1.90 bits per heavy atom. The van der Waals surface area contributed by atoms with Crippen molar-refractivity contribution in [1.82, 2.24) is 19.7 Å².